The topological polar surface area (TPSA) is 62.6 Å². The minimum atomic E-state index is -0.430. The Kier molecular flexibility index (Phi) is 3.62. The summed E-state index contributed by atoms with van der Waals surface area (Å²) < 4.78 is 6.09. The third-order valence-electron chi connectivity index (χ3n) is 3.05. The second kappa shape index (κ2) is 5.57. The molecule has 1 N–H and O–H groups in total. The first kappa shape index (κ1) is 13.6. The molecule has 0 spiro atoms. The average molecular weight is 347 g/mol. The van der Waals surface area contributed by atoms with Gasteiger partial charge in [0.25, 0.3) is 5.91 Å². The van der Waals surface area contributed by atoms with Crippen molar-refractivity contribution in [3.63, 3.8) is 0 Å². The van der Waals surface area contributed by atoms with Gasteiger partial charge < -0.3 is 9.73 Å². The van der Waals surface area contributed by atoms with Gasteiger partial charge in [-0.2, -0.15) is 0 Å². The van der Waals surface area contributed by atoms with Crippen molar-refractivity contribution in [1.82, 2.24) is 10.2 Å². The van der Waals surface area contributed by atoms with Crippen LogP contribution in [0.4, 0.5) is 4.79 Å². The zero-order valence-electron chi connectivity index (χ0n) is 10.9. The van der Waals surface area contributed by atoms with E-state index in [-0.39, 0.29) is 18.1 Å². The van der Waals surface area contributed by atoms with Crippen LogP contribution < -0.4 is 5.32 Å². The summed E-state index contributed by atoms with van der Waals surface area (Å²) in [5, 5.41) is 2.55. The number of furan rings is 1. The highest BCUT2D eigenvalue weighted by molar-refractivity contribution is 9.10. The predicted molar refractivity (Wildman–Crippen MR) is 79.9 cm³/mol. The van der Waals surface area contributed by atoms with Crippen molar-refractivity contribution in [2.75, 3.05) is 0 Å². The van der Waals surface area contributed by atoms with Gasteiger partial charge in [-0.05, 0) is 29.8 Å². The van der Waals surface area contributed by atoms with E-state index in [2.05, 4.69) is 21.2 Å². The van der Waals surface area contributed by atoms with E-state index in [0.29, 0.717) is 5.76 Å². The smallest absolute Gasteiger partial charge is 0.329 e. The van der Waals surface area contributed by atoms with Crippen molar-refractivity contribution in [2.45, 2.75) is 6.54 Å². The number of amides is 3. The number of carbonyl (C=O) groups excluding carboxylic acids is 2. The lowest BCUT2D eigenvalue weighted by molar-refractivity contribution is -0.123. The second-order valence-electron chi connectivity index (χ2n) is 4.52. The van der Waals surface area contributed by atoms with Gasteiger partial charge >= 0.3 is 6.03 Å². The van der Waals surface area contributed by atoms with Gasteiger partial charge in [-0.15, -0.1) is 0 Å². The number of rotatable bonds is 3. The molecule has 21 heavy (non-hydrogen) atoms. The van der Waals surface area contributed by atoms with E-state index in [1.807, 2.05) is 24.3 Å². The van der Waals surface area contributed by atoms with Crippen molar-refractivity contribution in [2.24, 2.45) is 0 Å². The second-order valence-corrected chi connectivity index (χ2v) is 5.44. The highest BCUT2D eigenvalue weighted by Gasteiger charge is 2.33. The lowest BCUT2D eigenvalue weighted by Gasteiger charge is -2.11. The van der Waals surface area contributed by atoms with Crippen molar-refractivity contribution >= 4 is 33.9 Å². The predicted octanol–water partition coefficient (Wildman–Crippen LogP) is 3.14. The fourth-order valence-corrected chi connectivity index (χ4v) is 2.27. The number of nitrogens with zero attached hydrogens (tertiary/aromatic N) is 1. The first-order valence-electron chi connectivity index (χ1n) is 6.26. The van der Waals surface area contributed by atoms with E-state index in [1.54, 1.807) is 12.1 Å². The number of nitrogens with one attached hydrogen (secondary N) is 1. The Labute approximate surface area is 129 Å². The zero-order chi connectivity index (χ0) is 14.8. The molecule has 0 radical (unpaired) electrons. The molecule has 1 aliphatic heterocycles. The van der Waals surface area contributed by atoms with Crippen LogP contribution in [-0.2, 0) is 11.3 Å². The minimum absolute atomic E-state index is 0.215. The molecule has 1 aromatic heterocycles. The highest BCUT2D eigenvalue weighted by atomic mass is 79.9. The highest BCUT2D eigenvalue weighted by Crippen LogP contribution is 2.18. The molecule has 0 saturated carbocycles. The molecule has 1 aliphatic rings. The number of imide groups is 1. The first-order valence-corrected chi connectivity index (χ1v) is 7.05. The summed E-state index contributed by atoms with van der Waals surface area (Å²) in [4.78, 5) is 25.3. The fourth-order valence-electron chi connectivity index (χ4n) is 2.00. The Morgan fingerprint density at radius 1 is 1.19 bits per heavy atom. The van der Waals surface area contributed by atoms with Crippen LogP contribution in [0.3, 0.4) is 0 Å². The summed E-state index contributed by atoms with van der Waals surface area (Å²) in [6.07, 6.45) is 3.02. The van der Waals surface area contributed by atoms with Gasteiger partial charge in [-0.25, -0.2) is 4.79 Å². The molecule has 0 bridgehead atoms. The molecule has 1 saturated heterocycles. The van der Waals surface area contributed by atoms with Gasteiger partial charge in [-0.1, -0.05) is 28.1 Å². The molecule has 2 aromatic rings. The third kappa shape index (κ3) is 2.90. The maximum absolute atomic E-state index is 12.2. The summed E-state index contributed by atoms with van der Waals surface area (Å²) in [6, 6.07) is 10.5. The van der Waals surface area contributed by atoms with Crippen molar-refractivity contribution in [3.8, 4) is 0 Å². The Balaban J connectivity index is 1.79. The molecular formula is C15H11BrN2O3. The fraction of sp³-hybridized carbons (Fsp3) is 0.0667. The van der Waals surface area contributed by atoms with Crippen molar-refractivity contribution in [3.05, 3.63) is 64.2 Å². The van der Waals surface area contributed by atoms with Gasteiger partial charge in [0.1, 0.15) is 11.5 Å². The maximum atomic E-state index is 12.2. The molecule has 1 aromatic carbocycles. The molecule has 1 fully saturated rings. The largest absolute Gasteiger partial charge is 0.465 e. The normalized spacial score (nSPS) is 16.6. The molecule has 0 unspecified atom stereocenters. The summed E-state index contributed by atoms with van der Waals surface area (Å²) >= 11 is 3.35. The number of hydrogen-bond donors (Lipinski definition) is 1. The Hall–Kier alpha value is -2.34. The lowest BCUT2D eigenvalue weighted by atomic mass is 10.2. The Bertz CT molecular complexity index is 705. The molecule has 3 rings (SSSR count). The van der Waals surface area contributed by atoms with Crippen LogP contribution in [0.5, 0.6) is 0 Å². The van der Waals surface area contributed by atoms with Crippen LogP contribution in [0.25, 0.3) is 6.08 Å². The summed E-state index contributed by atoms with van der Waals surface area (Å²) in [5.41, 5.74) is 1.09. The molecular weight excluding hydrogens is 336 g/mol. The van der Waals surface area contributed by atoms with Gasteiger partial charge in [-0.3, -0.25) is 9.69 Å². The van der Waals surface area contributed by atoms with E-state index in [1.165, 1.54) is 12.3 Å². The number of hydrogen-bond acceptors (Lipinski definition) is 3. The van der Waals surface area contributed by atoms with E-state index in [0.717, 1.165) is 14.9 Å². The van der Waals surface area contributed by atoms with Crippen molar-refractivity contribution < 1.29 is 14.0 Å². The van der Waals surface area contributed by atoms with Crippen LogP contribution in [0, 0.1) is 0 Å². The van der Waals surface area contributed by atoms with E-state index in [4.69, 9.17) is 4.42 Å². The van der Waals surface area contributed by atoms with Gasteiger partial charge in [0.15, 0.2) is 0 Å². The Morgan fingerprint density at radius 3 is 2.62 bits per heavy atom. The minimum Gasteiger partial charge on any atom is -0.465 e. The van der Waals surface area contributed by atoms with E-state index < -0.39 is 6.03 Å². The number of benzene rings is 1. The molecule has 0 aliphatic carbocycles. The van der Waals surface area contributed by atoms with Crippen LogP contribution in [0.1, 0.15) is 11.3 Å². The number of urea groups is 1. The van der Waals surface area contributed by atoms with Crippen LogP contribution in [-0.4, -0.2) is 16.8 Å². The molecule has 5 nitrogen and oxygen atoms in total. The summed E-state index contributed by atoms with van der Waals surface area (Å²) in [6.45, 7) is 0.230. The molecule has 3 amide bonds. The number of carbonyl (C=O) groups is 2. The maximum Gasteiger partial charge on any atom is 0.329 e. The quantitative estimate of drug-likeness (QED) is 0.685. The molecule has 6 heteroatoms. The molecule has 106 valence electrons. The average Bonchev–Trinajstić information content (AvgIpc) is 3.06. The molecule has 2 heterocycles. The first-order chi connectivity index (χ1) is 10.1. The standard InChI is InChI=1S/C15H11BrN2O3/c16-11-5-3-10(4-6-11)9-18-14(19)13(17-15(18)20)8-12-2-1-7-21-12/h1-8H,9H2,(H,17,20)/b13-8+. The summed E-state index contributed by atoms with van der Waals surface area (Å²) in [7, 11) is 0. The zero-order valence-corrected chi connectivity index (χ0v) is 12.5. The van der Waals surface area contributed by atoms with Crippen LogP contribution >= 0.6 is 15.9 Å². The van der Waals surface area contributed by atoms with E-state index >= 15 is 0 Å². The third-order valence-corrected chi connectivity index (χ3v) is 3.57. The number of halogens is 1. The Morgan fingerprint density at radius 2 is 1.95 bits per heavy atom. The molecule has 0 atom stereocenters. The SMILES string of the molecule is O=C1N/C(=C/c2ccco2)C(=O)N1Cc1ccc(Br)cc1. The van der Waals surface area contributed by atoms with Gasteiger partial charge in [0, 0.05) is 10.5 Å². The van der Waals surface area contributed by atoms with Gasteiger partial charge in [0.2, 0.25) is 0 Å². The lowest BCUT2D eigenvalue weighted by Crippen LogP contribution is -2.30. The van der Waals surface area contributed by atoms with E-state index in [9.17, 15) is 9.59 Å². The summed E-state index contributed by atoms with van der Waals surface area (Å²) in [5.74, 6) is 0.156. The van der Waals surface area contributed by atoms with Crippen molar-refractivity contribution in [1.29, 1.82) is 0 Å². The van der Waals surface area contributed by atoms with Crippen LogP contribution in [0.15, 0.2) is 57.2 Å². The monoisotopic (exact) mass is 346 g/mol. The van der Waals surface area contributed by atoms with Gasteiger partial charge in [0.05, 0.1) is 12.8 Å². The van der Waals surface area contributed by atoms with Crippen LogP contribution in [0.2, 0.25) is 0 Å².